The van der Waals surface area contributed by atoms with E-state index < -0.39 is 0 Å². The van der Waals surface area contributed by atoms with Gasteiger partial charge in [-0.2, -0.15) is 0 Å². The molecule has 0 aromatic heterocycles. The number of benzene rings is 2. The first-order chi connectivity index (χ1) is 11.5. The van der Waals surface area contributed by atoms with E-state index in [2.05, 4.69) is 45.9 Å². The van der Waals surface area contributed by atoms with Crippen LogP contribution in [0.4, 0.5) is 4.39 Å². The number of hydrogen-bond acceptors (Lipinski definition) is 0. The van der Waals surface area contributed by atoms with Crippen molar-refractivity contribution in [3.8, 4) is 11.1 Å². The molecule has 0 saturated carbocycles. The van der Waals surface area contributed by atoms with Crippen molar-refractivity contribution in [2.75, 3.05) is 0 Å². The molecule has 0 nitrogen and oxygen atoms in total. The Labute approximate surface area is 148 Å². The zero-order chi connectivity index (χ0) is 18.2. The van der Waals surface area contributed by atoms with Gasteiger partial charge in [-0.25, -0.2) is 4.39 Å². The molecule has 0 unspecified atom stereocenters. The van der Waals surface area contributed by atoms with Crippen molar-refractivity contribution < 1.29 is 4.39 Å². The van der Waals surface area contributed by atoms with E-state index in [1.807, 2.05) is 26.0 Å². The van der Waals surface area contributed by atoms with E-state index in [-0.39, 0.29) is 11.2 Å². The van der Waals surface area contributed by atoms with E-state index in [1.165, 1.54) is 24.0 Å². The molecule has 0 saturated heterocycles. The van der Waals surface area contributed by atoms with Crippen molar-refractivity contribution in [2.24, 2.45) is 5.41 Å². The minimum Gasteiger partial charge on any atom is -0.206 e. The molecular formula is C23H33F. The van der Waals surface area contributed by atoms with Gasteiger partial charge in [0.25, 0.3) is 0 Å². The Morgan fingerprint density at radius 2 is 1.58 bits per heavy atom. The number of halogens is 1. The van der Waals surface area contributed by atoms with Gasteiger partial charge in [-0.05, 0) is 47.4 Å². The predicted octanol–water partition coefficient (Wildman–Crippen LogP) is 7.45. The molecule has 0 N–H and O–H groups in total. The smallest absolute Gasteiger partial charge is 0.131 e. The second-order valence-corrected chi connectivity index (χ2v) is 6.92. The standard InChI is InChI=1S/C21H27F.C2H6/c1-5-13-21(3,4)15-17-14-16(6-2)11-12-18(17)19-9-7-8-10-20(19)22;1-2/h7-12,14H,5-6,13,15H2,1-4H3;1-2H3. The maximum atomic E-state index is 14.2. The molecule has 0 heterocycles. The Morgan fingerprint density at radius 1 is 0.917 bits per heavy atom. The van der Waals surface area contributed by atoms with Crippen molar-refractivity contribution >= 4 is 0 Å². The lowest BCUT2D eigenvalue weighted by Gasteiger charge is -2.26. The van der Waals surface area contributed by atoms with Crippen LogP contribution in [0, 0.1) is 11.2 Å². The van der Waals surface area contributed by atoms with Crippen LogP contribution in [0.5, 0.6) is 0 Å². The van der Waals surface area contributed by atoms with Crippen molar-refractivity contribution in [3.63, 3.8) is 0 Å². The van der Waals surface area contributed by atoms with Gasteiger partial charge >= 0.3 is 0 Å². The molecule has 0 amide bonds. The molecule has 0 aliphatic heterocycles. The van der Waals surface area contributed by atoms with Gasteiger partial charge in [-0.3, -0.25) is 0 Å². The van der Waals surface area contributed by atoms with E-state index in [0.29, 0.717) is 5.56 Å². The monoisotopic (exact) mass is 328 g/mol. The highest BCUT2D eigenvalue weighted by molar-refractivity contribution is 5.68. The first-order valence-corrected chi connectivity index (χ1v) is 9.33. The lowest BCUT2D eigenvalue weighted by Crippen LogP contribution is -2.15. The first kappa shape index (κ1) is 20.4. The summed E-state index contributed by atoms with van der Waals surface area (Å²) >= 11 is 0. The zero-order valence-electron chi connectivity index (χ0n) is 16.2. The molecule has 0 spiro atoms. The topological polar surface area (TPSA) is 0 Å². The molecule has 0 radical (unpaired) electrons. The van der Waals surface area contributed by atoms with Crippen LogP contribution < -0.4 is 0 Å². The highest BCUT2D eigenvalue weighted by Gasteiger charge is 2.20. The second-order valence-electron chi connectivity index (χ2n) is 6.92. The summed E-state index contributed by atoms with van der Waals surface area (Å²) in [7, 11) is 0. The normalized spacial score (nSPS) is 11.0. The molecule has 132 valence electrons. The molecule has 0 fully saturated rings. The lowest BCUT2D eigenvalue weighted by atomic mass is 9.79. The van der Waals surface area contributed by atoms with Gasteiger partial charge in [0.2, 0.25) is 0 Å². The Hall–Kier alpha value is -1.63. The van der Waals surface area contributed by atoms with Gasteiger partial charge < -0.3 is 0 Å². The molecule has 2 aromatic rings. The van der Waals surface area contributed by atoms with Gasteiger partial charge in [-0.1, -0.05) is 84.4 Å². The molecule has 0 bridgehead atoms. The van der Waals surface area contributed by atoms with E-state index >= 15 is 0 Å². The lowest BCUT2D eigenvalue weighted by molar-refractivity contribution is 0.329. The summed E-state index contributed by atoms with van der Waals surface area (Å²) in [5.41, 5.74) is 4.58. The van der Waals surface area contributed by atoms with Crippen molar-refractivity contribution in [1.29, 1.82) is 0 Å². The minimum absolute atomic E-state index is 0.138. The molecule has 24 heavy (non-hydrogen) atoms. The Morgan fingerprint density at radius 3 is 2.17 bits per heavy atom. The average Bonchev–Trinajstić information content (AvgIpc) is 2.57. The Bertz CT molecular complexity index is 626. The SMILES string of the molecule is CC.CCCC(C)(C)Cc1cc(CC)ccc1-c1ccccc1F. The Kier molecular flexibility index (Phi) is 8.18. The predicted molar refractivity (Wildman–Crippen MR) is 105 cm³/mol. The summed E-state index contributed by atoms with van der Waals surface area (Å²) in [5, 5.41) is 0. The summed E-state index contributed by atoms with van der Waals surface area (Å²) in [6, 6.07) is 13.6. The van der Waals surface area contributed by atoms with Crippen LogP contribution in [0.1, 0.15) is 65.5 Å². The van der Waals surface area contributed by atoms with Crippen LogP contribution in [-0.4, -0.2) is 0 Å². The largest absolute Gasteiger partial charge is 0.206 e. The van der Waals surface area contributed by atoms with Crippen LogP contribution >= 0.6 is 0 Å². The highest BCUT2D eigenvalue weighted by Crippen LogP contribution is 2.34. The van der Waals surface area contributed by atoms with Gasteiger partial charge in [0.05, 0.1) is 0 Å². The molecule has 0 atom stereocenters. The third-order valence-corrected chi connectivity index (χ3v) is 4.34. The summed E-state index contributed by atoms with van der Waals surface area (Å²) in [5.74, 6) is -0.138. The number of hydrogen-bond donors (Lipinski definition) is 0. The third-order valence-electron chi connectivity index (χ3n) is 4.34. The van der Waals surface area contributed by atoms with E-state index in [1.54, 1.807) is 12.1 Å². The zero-order valence-corrected chi connectivity index (χ0v) is 16.2. The molecule has 2 rings (SSSR count). The second kappa shape index (κ2) is 9.61. The van der Waals surface area contributed by atoms with Gasteiger partial charge in [0, 0.05) is 5.56 Å². The van der Waals surface area contributed by atoms with E-state index in [9.17, 15) is 4.39 Å². The number of rotatable bonds is 6. The molecule has 0 aliphatic rings. The van der Waals surface area contributed by atoms with Crippen molar-refractivity contribution in [1.82, 2.24) is 0 Å². The molecular weight excluding hydrogens is 295 g/mol. The van der Waals surface area contributed by atoms with E-state index in [4.69, 9.17) is 0 Å². The summed E-state index contributed by atoms with van der Waals surface area (Å²) in [6.45, 7) is 13.0. The summed E-state index contributed by atoms with van der Waals surface area (Å²) < 4.78 is 14.2. The number of aryl methyl sites for hydroxylation is 1. The first-order valence-electron chi connectivity index (χ1n) is 9.33. The maximum Gasteiger partial charge on any atom is 0.131 e. The minimum atomic E-state index is -0.138. The molecule has 1 heteroatoms. The van der Waals surface area contributed by atoms with E-state index in [0.717, 1.165) is 18.4 Å². The molecule has 2 aromatic carbocycles. The third kappa shape index (κ3) is 5.47. The quantitative estimate of drug-likeness (QED) is 0.516. The summed E-state index contributed by atoms with van der Waals surface area (Å²) in [6.07, 6.45) is 4.35. The van der Waals surface area contributed by atoms with Gasteiger partial charge in [0.1, 0.15) is 5.82 Å². The fraction of sp³-hybridized carbons (Fsp3) is 0.478. The van der Waals surface area contributed by atoms with Crippen LogP contribution in [0.25, 0.3) is 11.1 Å². The van der Waals surface area contributed by atoms with Gasteiger partial charge in [-0.15, -0.1) is 0 Å². The summed E-state index contributed by atoms with van der Waals surface area (Å²) in [4.78, 5) is 0. The van der Waals surface area contributed by atoms with Crippen molar-refractivity contribution in [2.45, 2.75) is 67.2 Å². The fourth-order valence-corrected chi connectivity index (χ4v) is 3.24. The maximum absolute atomic E-state index is 14.2. The highest BCUT2D eigenvalue weighted by atomic mass is 19.1. The van der Waals surface area contributed by atoms with Crippen LogP contribution in [0.2, 0.25) is 0 Å². The van der Waals surface area contributed by atoms with Crippen molar-refractivity contribution in [3.05, 3.63) is 59.4 Å². The fourth-order valence-electron chi connectivity index (χ4n) is 3.24. The Balaban J connectivity index is 0.00000139. The van der Waals surface area contributed by atoms with Gasteiger partial charge in [0.15, 0.2) is 0 Å². The van der Waals surface area contributed by atoms with Crippen LogP contribution in [-0.2, 0) is 12.8 Å². The van der Waals surface area contributed by atoms with Crippen LogP contribution in [0.3, 0.4) is 0 Å². The van der Waals surface area contributed by atoms with Crippen LogP contribution in [0.15, 0.2) is 42.5 Å². The average molecular weight is 329 g/mol. The molecule has 0 aliphatic carbocycles.